The monoisotopic (exact) mass is 342 g/mol. The predicted molar refractivity (Wildman–Crippen MR) is 106 cm³/mol. The Kier molecular flexibility index (Phi) is 7.69. The number of nitrogens with one attached hydrogen (secondary N) is 2. The molecule has 0 unspecified atom stereocenters. The Bertz CT molecular complexity index is 551. The lowest BCUT2D eigenvalue weighted by atomic mass is 10.1. The molecule has 6 nitrogen and oxygen atoms in total. The lowest BCUT2D eigenvalue weighted by Crippen LogP contribution is -2.19. The third kappa shape index (κ3) is 6.72. The van der Waals surface area contributed by atoms with E-state index in [2.05, 4.69) is 10.6 Å². The number of unbranched alkanes of at least 4 members (excludes halogenated alkanes) is 2. The van der Waals surface area contributed by atoms with Crippen LogP contribution >= 0.6 is 0 Å². The van der Waals surface area contributed by atoms with Gasteiger partial charge in [0, 0.05) is 24.5 Å². The molecule has 6 heteroatoms. The molecule has 0 spiro atoms. The lowest BCUT2D eigenvalue weighted by molar-refractivity contribution is 0.720. The van der Waals surface area contributed by atoms with Crippen LogP contribution in [0, 0.1) is 0 Å². The molecule has 0 saturated carbocycles. The molecule has 0 radical (unpaired) electrons. The fourth-order valence-electron chi connectivity index (χ4n) is 2.54. The largest absolute Gasteiger partial charge is 0.385 e. The summed E-state index contributed by atoms with van der Waals surface area (Å²) in [5.74, 6) is 0. The highest BCUT2D eigenvalue weighted by Crippen LogP contribution is 2.13. The van der Waals surface area contributed by atoms with Crippen LogP contribution in [0.2, 0.25) is 0 Å². The van der Waals surface area contributed by atoms with Gasteiger partial charge in [0.2, 0.25) is 0 Å². The van der Waals surface area contributed by atoms with E-state index in [0.717, 1.165) is 54.9 Å². The van der Waals surface area contributed by atoms with Gasteiger partial charge in [-0.3, -0.25) is 0 Å². The van der Waals surface area contributed by atoms with E-state index in [1.54, 1.807) is 0 Å². The molecule has 2 aromatic carbocycles. The number of hydrogen-bond donors (Lipinski definition) is 6. The van der Waals surface area contributed by atoms with Gasteiger partial charge in [-0.2, -0.15) is 0 Å². The van der Waals surface area contributed by atoms with Crippen LogP contribution in [0.5, 0.6) is 0 Å². The molecule has 0 saturated heterocycles. The van der Waals surface area contributed by atoms with Crippen molar-refractivity contribution in [2.24, 2.45) is 22.9 Å². The first kappa shape index (κ1) is 19.2. The van der Waals surface area contributed by atoms with E-state index in [0.29, 0.717) is 0 Å². The van der Waals surface area contributed by atoms with Crippen LogP contribution < -0.4 is 33.6 Å². The van der Waals surface area contributed by atoms with Crippen LogP contribution in [0.15, 0.2) is 48.5 Å². The van der Waals surface area contributed by atoms with Crippen molar-refractivity contribution in [1.82, 2.24) is 0 Å². The quantitative estimate of drug-likeness (QED) is 0.290. The van der Waals surface area contributed by atoms with Crippen LogP contribution in [0.3, 0.4) is 0 Å². The highest BCUT2D eigenvalue weighted by Gasteiger charge is 2.00. The Balaban J connectivity index is 1.56. The van der Waals surface area contributed by atoms with Gasteiger partial charge in [-0.05, 0) is 54.7 Å². The van der Waals surface area contributed by atoms with Gasteiger partial charge in [-0.15, -0.1) is 0 Å². The van der Waals surface area contributed by atoms with Crippen LogP contribution in [-0.2, 0) is 0 Å². The van der Waals surface area contributed by atoms with E-state index in [1.807, 2.05) is 48.5 Å². The average Bonchev–Trinajstić information content (AvgIpc) is 2.61. The minimum Gasteiger partial charge on any atom is -0.385 e. The van der Waals surface area contributed by atoms with E-state index in [4.69, 9.17) is 22.9 Å². The normalized spacial score (nSPS) is 11.1. The average molecular weight is 342 g/mol. The van der Waals surface area contributed by atoms with Crippen molar-refractivity contribution >= 4 is 11.4 Å². The van der Waals surface area contributed by atoms with Gasteiger partial charge in [0.1, 0.15) is 0 Å². The second kappa shape index (κ2) is 10.0. The molecule has 0 aliphatic rings. The van der Waals surface area contributed by atoms with Gasteiger partial charge in [-0.1, -0.05) is 24.3 Å². The maximum Gasteiger partial charge on any atom is 0.0784 e. The van der Waals surface area contributed by atoms with Crippen LogP contribution in [-0.4, -0.2) is 13.1 Å². The summed E-state index contributed by atoms with van der Waals surface area (Å²) < 4.78 is 0. The molecule has 10 N–H and O–H groups in total. The summed E-state index contributed by atoms with van der Waals surface area (Å²) in [4.78, 5) is 0. The van der Waals surface area contributed by atoms with Crippen molar-refractivity contribution in [3.8, 4) is 0 Å². The Morgan fingerprint density at radius 2 is 0.920 bits per heavy atom. The topological polar surface area (TPSA) is 128 Å². The van der Waals surface area contributed by atoms with Gasteiger partial charge < -0.3 is 33.6 Å². The molecular weight excluding hydrogens is 312 g/mol. The summed E-state index contributed by atoms with van der Waals surface area (Å²) in [6.45, 7) is 1.91. The fraction of sp³-hybridized carbons (Fsp3) is 0.368. The maximum absolute atomic E-state index is 5.63. The van der Waals surface area contributed by atoms with Gasteiger partial charge in [0.05, 0.1) is 12.3 Å². The molecule has 0 aromatic heterocycles. The Hall–Kier alpha value is -2.12. The molecule has 0 aliphatic heterocycles. The van der Waals surface area contributed by atoms with E-state index < -0.39 is 12.3 Å². The van der Waals surface area contributed by atoms with Gasteiger partial charge >= 0.3 is 0 Å². The van der Waals surface area contributed by atoms with Gasteiger partial charge in [0.25, 0.3) is 0 Å². The summed E-state index contributed by atoms with van der Waals surface area (Å²) in [5.41, 5.74) is 26.6. The zero-order valence-electron chi connectivity index (χ0n) is 14.6. The summed E-state index contributed by atoms with van der Waals surface area (Å²) in [6.07, 6.45) is 2.59. The van der Waals surface area contributed by atoms with E-state index in [-0.39, 0.29) is 0 Å². The molecule has 0 bridgehead atoms. The first-order chi connectivity index (χ1) is 12.1. The highest BCUT2D eigenvalue weighted by atomic mass is 14.9. The van der Waals surface area contributed by atoms with Crippen molar-refractivity contribution in [3.05, 3.63) is 59.7 Å². The van der Waals surface area contributed by atoms with E-state index >= 15 is 0 Å². The standard InChI is InChI=1S/C19H30N6/c20-18(21)14-4-8-16(9-5-14)24-12-2-1-3-13-25-17-10-6-15(7-11-17)19(22)23/h4-11,18-19,24-25H,1-3,12-13,20-23H2. The van der Waals surface area contributed by atoms with Gasteiger partial charge in [0.15, 0.2) is 0 Å². The fourth-order valence-corrected chi connectivity index (χ4v) is 2.54. The molecule has 2 rings (SSSR count). The number of anilines is 2. The molecule has 25 heavy (non-hydrogen) atoms. The third-order valence-corrected chi connectivity index (χ3v) is 4.10. The molecule has 2 aromatic rings. The van der Waals surface area contributed by atoms with Crippen molar-refractivity contribution < 1.29 is 0 Å². The number of rotatable bonds is 10. The number of nitrogens with two attached hydrogens (primary N) is 4. The Morgan fingerprint density at radius 1 is 0.560 bits per heavy atom. The summed E-state index contributed by atoms with van der Waals surface area (Å²) in [6, 6.07) is 15.9. The lowest BCUT2D eigenvalue weighted by Gasteiger charge is -2.10. The summed E-state index contributed by atoms with van der Waals surface area (Å²) in [7, 11) is 0. The molecule has 0 atom stereocenters. The summed E-state index contributed by atoms with van der Waals surface area (Å²) >= 11 is 0. The molecule has 0 heterocycles. The number of hydrogen-bond acceptors (Lipinski definition) is 6. The maximum atomic E-state index is 5.63. The van der Waals surface area contributed by atoms with Crippen molar-refractivity contribution in [2.75, 3.05) is 23.7 Å². The minimum absolute atomic E-state index is 0.412. The molecule has 136 valence electrons. The SMILES string of the molecule is NC(N)c1ccc(NCCCCCNc2ccc(C(N)N)cc2)cc1. The Morgan fingerprint density at radius 3 is 1.24 bits per heavy atom. The highest BCUT2D eigenvalue weighted by molar-refractivity contribution is 5.45. The van der Waals surface area contributed by atoms with Gasteiger partial charge in [-0.25, -0.2) is 0 Å². The van der Waals surface area contributed by atoms with Crippen LogP contribution in [0.1, 0.15) is 42.7 Å². The summed E-state index contributed by atoms with van der Waals surface area (Å²) in [5, 5.41) is 6.82. The first-order valence-corrected chi connectivity index (χ1v) is 8.76. The minimum atomic E-state index is -0.412. The number of benzene rings is 2. The van der Waals surface area contributed by atoms with Crippen molar-refractivity contribution in [3.63, 3.8) is 0 Å². The molecule has 0 amide bonds. The van der Waals surface area contributed by atoms with E-state index in [9.17, 15) is 0 Å². The van der Waals surface area contributed by atoms with Crippen LogP contribution in [0.25, 0.3) is 0 Å². The molecular formula is C19H30N6. The van der Waals surface area contributed by atoms with Crippen molar-refractivity contribution in [1.29, 1.82) is 0 Å². The first-order valence-electron chi connectivity index (χ1n) is 8.76. The predicted octanol–water partition coefficient (Wildman–Crippen LogP) is 2.21. The van der Waals surface area contributed by atoms with E-state index in [1.165, 1.54) is 0 Å². The third-order valence-electron chi connectivity index (χ3n) is 4.10. The zero-order chi connectivity index (χ0) is 18.1. The smallest absolute Gasteiger partial charge is 0.0784 e. The second-order valence-corrected chi connectivity index (χ2v) is 6.21. The zero-order valence-corrected chi connectivity index (χ0v) is 14.6. The Labute approximate surface area is 150 Å². The molecule has 0 aliphatic carbocycles. The second-order valence-electron chi connectivity index (χ2n) is 6.21. The van der Waals surface area contributed by atoms with Crippen molar-refractivity contribution in [2.45, 2.75) is 31.6 Å². The molecule has 0 fully saturated rings. The van der Waals surface area contributed by atoms with Crippen LogP contribution in [0.4, 0.5) is 11.4 Å².